The van der Waals surface area contributed by atoms with E-state index < -0.39 is 11.8 Å². The Hall–Kier alpha value is -4.67. The number of aromatic nitrogens is 2. The summed E-state index contributed by atoms with van der Waals surface area (Å²) in [6.45, 7) is 9.08. The summed E-state index contributed by atoms with van der Waals surface area (Å²) in [4.78, 5) is 34.4. The van der Waals surface area contributed by atoms with Crippen LogP contribution in [-0.2, 0) is 11.3 Å². The van der Waals surface area contributed by atoms with Crippen molar-refractivity contribution in [2.24, 2.45) is 4.99 Å². The molecule has 0 radical (unpaired) electrons. The number of ether oxygens (including phenoxy) is 2. The third kappa shape index (κ3) is 6.70. The standard InChI is InChI=1S/C42H49FN6O3/c1-29-36(35(43)37(44-2)32-18-9-16-31-17-10-19-33(34(31)32)39(50)51-26-30-14-7-6-8-15-30)45-40(52-28-42-22-12-24-49(42)25-13-23-42)46-38(29)48(5)27-41(47(3)4)20-11-21-41/h6-10,14-19H,2,11-13,20-28H2,1,3-5H3/b37-35+. The van der Waals surface area contributed by atoms with Gasteiger partial charge in [-0.2, -0.15) is 9.97 Å². The summed E-state index contributed by atoms with van der Waals surface area (Å²) in [5, 5.41) is 1.27. The molecule has 0 spiro atoms. The van der Waals surface area contributed by atoms with Gasteiger partial charge in [-0.05, 0) is 103 Å². The van der Waals surface area contributed by atoms with Crippen molar-refractivity contribution in [2.45, 2.75) is 69.6 Å². The largest absolute Gasteiger partial charge is 0.461 e. The molecule has 2 aliphatic heterocycles. The van der Waals surface area contributed by atoms with E-state index in [0.717, 1.165) is 69.1 Å². The molecule has 1 aromatic heterocycles. The number of benzene rings is 3. The highest BCUT2D eigenvalue weighted by atomic mass is 19.1. The fourth-order valence-corrected chi connectivity index (χ4v) is 8.54. The molecule has 4 aromatic rings. The molecule has 1 aliphatic carbocycles. The number of hydrogen-bond donors (Lipinski definition) is 0. The lowest BCUT2D eigenvalue weighted by Crippen LogP contribution is -2.57. The van der Waals surface area contributed by atoms with Gasteiger partial charge in [0.2, 0.25) is 0 Å². The summed E-state index contributed by atoms with van der Waals surface area (Å²) >= 11 is 0. The minimum Gasteiger partial charge on any atom is -0.461 e. The van der Waals surface area contributed by atoms with Gasteiger partial charge in [0.15, 0.2) is 5.83 Å². The highest BCUT2D eigenvalue weighted by Gasteiger charge is 2.45. The Morgan fingerprint density at radius 3 is 2.25 bits per heavy atom. The number of likely N-dealkylation sites (N-methyl/N-ethyl adjacent to an activating group) is 2. The zero-order valence-corrected chi connectivity index (χ0v) is 30.8. The summed E-state index contributed by atoms with van der Waals surface area (Å²) in [7, 11) is 6.25. The molecule has 0 bridgehead atoms. The van der Waals surface area contributed by atoms with Crippen LogP contribution in [0.1, 0.15) is 77.7 Å². The first-order chi connectivity index (χ1) is 25.1. The van der Waals surface area contributed by atoms with Crippen LogP contribution >= 0.6 is 0 Å². The number of rotatable bonds is 13. The van der Waals surface area contributed by atoms with Gasteiger partial charge < -0.3 is 19.3 Å². The van der Waals surface area contributed by atoms with Gasteiger partial charge in [0, 0.05) is 35.6 Å². The van der Waals surface area contributed by atoms with Crippen LogP contribution in [0.4, 0.5) is 10.2 Å². The maximum atomic E-state index is 17.3. The zero-order valence-electron chi connectivity index (χ0n) is 30.8. The molecule has 3 heterocycles. The summed E-state index contributed by atoms with van der Waals surface area (Å²) in [5.74, 6) is -0.564. The lowest BCUT2D eigenvalue weighted by atomic mass is 9.75. The van der Waals surface area contributed by atoms with Crippen molar-refractivity contribution in [3.05, 3.63) is 94.7 Å². The topological polar surface area (TPSA) is 83.4 Å². The predicted octanol–water partition coefficient (Wildman–Crippen LogP) is 7.72. The Morgan fingerprint density at radius 2 is 1.62 bits per heavy atom. The summed E-state index contributed by atoms with van der Waals surface area (Å²) in [5.41, 5.74) is 2.23. The van der Waals surface area contributed by atoms with E-state index in [1.807, 2.05) is 62.5 Å². The number of nitrogens with zero attached hydrogens (tertiary/aromatic N) is 6. The van der Waals surface area contributed by atoms with Gasteiger partial charge in [-0.15, -0.1) is 0 Å². The number of fused-ring (bicyclic) bond motifs is 2. The molecule has 9 nitrogen and oxygen atoms in total. The molecule has 2 saturated heterocycles. The van der Waals surface area contributed by atoms with E-state index in [1.54, 1.807) is 18.2 Å². The molecule has 3 aliphatic rings. The lowest BCUT2D eigenvalue weighted by molar-refractivity contribution is 0.0475. The monoisotopic (exact) mass is 704 g/mol. The van der Waals surface area contributed by atoms with Crippen LogP contribution in [-0.4, -0.2) is 90.9 Å². The highest BCUT2D eigenvalue weighted by molar-refractivity contribution is 6.10. The van der Waals surface area contributed by atoms with Gasteiger partial charge in [0.25, 0.3) is 0 Å². The third-order valence-electron chi connectivity index (χ3n) is 11.7. The summed E-state index contributed by atoms with van der Waals surface area (Å²) in [6, 6.07) is 20.5. The van der Waals surface area contributed by atoms with Crippen LogP contribution in [0.3, 0.4) is 0 Å². The van der Waals surface area contributed by atoms with Gasteiger partial charge in [-0.1, -0.05) is 60.7 Å². The molecular weight excluding hydrogens is 655 g/mol. The lowest BCUT2D eigenvalue weighted by Gasteiger charge is -2.49. The Labute approximate surface area is 306 Å². The van der Waals surface area contributed by atoms with Gasteiger partial charge >= 0.3 is 12.0 Å². The van der Waals surface area contributed by atoms with E-state index in [4.69, 9.17) is 19.4 Å². The first kappa shape index (κ1) is 35.7. The second-order valence-electron chi connectivity index (χ2n) is 14.9. The van der Waals surface area contributed by atoms with Crippen molar-refractivity contribution in [1.29, 1.82) is 0 Å². The number of anilines is 1. The van der Waals surface area contributed by atoms with Crippen LogP contribution < -0.4 is 9.64 Å². The number of aliphatic imine (C=N–C) groups is 1. The maximum Gasteiger partial charge on any atom is 0.339 e. The first-order valence-electron chi connectivity index (χ1n) is 18.4. The molecule has 7 rings (SSSR count). The molecule has 1 saturated carbocycles. The number of halogens is 1. The van der Waals surface area contributed by atoms with E-state index in [0.29, 0.717) is 34.5 Å². The Kier molecular flexibility index (Phi) is 10.1. The van der Waals surface area contributed by atoms with Crippen molar-refractivity contribution in [1.82, 2.24) is 19.8 Å². The fraction of sp³-hybridized carbons (Fsp3) is 0.429. The predicted molar refractivity (Wildman–Crippen MR) is 206 cm³/mol. The van der Waals surface area contributed by atoms with Gasteiger partial charge in [-0.25, -0.2) is 9.18 Å². The Balaban J connectivity index is 1.30. The third-order valence-corrected chi connectivity index (χ3v) is 11.7. The fourth-order valence-electron chi connectivity index (χ4n) is 8.54. The molecule has 0 atom stereocenters. The van der Waals surface area contributed by atoms with E-state index in [1.165, 1.54) is 6.42 Å². The van der Waals surface area contributed by atoms with Crippen LogP contribution in [0.2, 0.25) is 0 Å². The molecule has 3 aromatic carbocycles. The minimum atomic E-state index is -0.665. The van der Waals surface area contributed by atoms with Crippen molar-refractivity contribution in [3.63, 3.8) is 0 Å². The van der Waals surface area contributed by atoms with Gasteiger partial charge in [-0.3, -0.25) is 9.89 Å². The SMILES string of the molecule is C=N/C(=C(/F)c1nc(OCC23CCCN2CCC3)nc(N(C)CC2(N(C)C)CCC2)c1C)c1cccc2cccc(C(=O)OCc3ccccc3)c12. The van der Waals surface area contributed by atoms with Gasteiger partial charge in [0.1, 0.15) is 30.4 Å². The van der Waals surface area contributed by atoms with E-state index >= 15 is 4.39 Å². The number of carbonyl (C=O) groups is 1. The van der Waals surface area contributed by atoms with Crippen LogP contribution in [0.25, 0.3) is 22.3 Å². The average Bonchev–Trinajstić information content (AvgIpc) is 3.72. The highest BCUT2D eigenvalue weighted by Crippen LogP contribution is 2.42. The molecule has 52 heavy (non-hydrogen) atoms. The van der Waals surface area contributed by atoms with E-state index in [2.05, 4.69) is 40.5 Å². The number of carbonyl (C=O) groups excluding carboxylic acids is 1. The van der Waals surface area contributed by atoms with Crippen LogP contribution in [0, 0.1) is 6.92 Å². The van der Waals surface area contributed by atoms with Crippen LogP contribution in [0.15, 0.2) is 71.7 Å². The molecule has 3 fully saturated rings. The normalized spacial score (nSPS) is 18.1. The number of hydrogen-bond acceptors (Lipinski definition) is 9. The quantitative estimate of drug-likeness (QED) is 0.103. The van der Waals surface area contributed by atoms with E-state index in [-0.39, 0.29) is 35.1 Å². The second kappa shape index (κ2) is 14.8. The number of esters is 1. The maximum absolute atomic E-state index is 17.3. The van der Waals surface area contributed by atoms with Crippen molar-refractivity contribution in [3.8, 4) is 6.01 Å². The molecule has 10 heteroatoms. The first-order valence-corrected chi connectivity index (χ1v) is 18.4. The summed E-state index contributed by atoms with van der Waals surface area (Å²) in [6.07, 6.45) is 7.76. The van der Waals surface area contributed by atoms with Crippen LogP contribution in [0.5, 0.6) is 6.01 Å². The van der Waals surface area contributed by atoms with Crippen molar-refractivity contribution in [2.75, 3.05) is 52.3 Å². The molecule has 0 amide bonds. The van der Waals surface area contributed by atoms with Crippen molar-refractivity contribution < 1.29 is 18.7 Å². The minimum absolute atomic E-state index is 0.0111. The second-order valence-corrected chi connectivity index (χ2v) is 14.9. The summed E-state index contributed by atoms with van der Waals surface area (Å²) < 4.78 is 29.5. The van der Waals surface area contributed by atoms with E-state index in [9.17, 15) is 4.79 Å². The van der Waals surface area contributed by atoms with Crippen molar-refractivity contribution >= 4 is 40.8 Å². The average molecular weight is 705 g/mol. The molecule has 272 valence electrons. The zero-order chi connectivity index (χ0) is 36.5. The Morgan fingerprint density at radius 1 is 0.923 bits per heavy atom. The molecule has 0 unspecified atom stereocenters. The molecule has 0 N–H and O–H groups in total. The Bertz CT molecular complexity index is 1980. The molecular formula is C42H49FN6O3. The van der Waals surface area contributed by atoms with Gasteiger partial charge in [0.05, 0.1) is 11.1 Å². The smallest absolute Gasteiger partial charge is 0.339 e.